The Morgan fingerprint density at radius 2 is 1.90 bits per heavy atom. The van der Waals surface area contributed by atoms with E-state index in [0.29, 0.717) is 11.6 Å². The van der Waals surface area contributed by atoms with Crippen LogP contribution >= 0.6 is 0 Å². The molecular formula is C16H23F3N2. The van der Waals surface area contributed by atoms with Crippen molar-refractivity contribution in [2.75, 3.05) is 13.1 Å². The third kappa shape index (κ3) is 3.58. The van der Waals surface area contributed by atoms with Crippen LogP contribution in [0.2, 0.25) is 0 Å². The lowest BCUT2D eigenvalue weighted by Crippen LogP contribution is -2.44. The van der Waals surface area contributed by atoms with Crippen LogP contribution in [-0.2, 0) is 0 Å². The summed E-state index contributed by atoms with van der Waals surface area (Å²) in [6.45, 7) is 3.26. The predicted octanol–water partition coefficient (Wildman–Crippen LogP) is 3.76. The van der Waals surface area contributed by atoms with Crippen LogP contribution in [0.4, 0.5) is 13.2 Å². The maximum Gasteiger partial charge on any atom is 0.194 e. The fourth-order valence-corrected chi connectivity index (χ4v) is 3.31. The van der Waals surface area contributed by atoms with E-state index in [9.17, 15) is 13.2 Å². The molecule has 118 valence electrons. The molecule has 1 heterocycles. The summed E-state index contributed by atoms with van der Waals surface area (Å²) in [6.07, 6.45) is 5.41. The van der Waals surface area contributed by atoms with E-state index in [1.807, 2.05) is 0 Å². The van der Waals surface area contributed by atoms with Crippen LogP contribution in [0, 0.1) is 17.5 Å². The summed E-state index contributed by atoms with van der Waals surface area (Å²) in [5.41, 5.74) is 6.28. The molecule has 2 N–H and O–H groups in total. The fourth-order valence-electron chi connectivity index (χ4n) is 3.31. The Morgan fingerprint density at radius 3 is 2.48 bits per heavy atom. The second-order valence-electron chi connectivity index (χ2n) is 5.73. The largest absolute Gasteiger partial charge is 0.329 e. The smallest absolute Gasteiger partial charge is 0.194 e. The Bertz CT molecular complexity index is 454. The lowest BCUT2D eigenvalue weighted by atomic mass is 9.93. The average Bonchev–Trinajstić information content (AvgIpc) is 2.47. The van der Waals surface area contributed by atoms with Gasteiger partial charge in [-0.3, -0.25) is 4.90 Å². The van der Waals surface area contributed by atoms with Gasteiger partial charge in [0.05, 0.1) is 0 Å². The Kier molecular flexibility index (Phi) is 5.65. The Morgan fingerprint density at radius 1 is 1.24 bits per heavy atom. The zero-order chi connectivity index (χ0) is 15.4. The van der Waals surface area contributed by atoms with Gasteiger partial charge in [-0.05, 0) is 43.5 Å². The second kappa shape index (κ2) is 7.27. The molecule has 0 amide bonds. The number of benzene rings is 1. The molecule has 0 spiro atoms. The van der Waals surface area contributed by atoms with Crippen molar-refractivity contribution in [2.45, 2.75) is 51.1 Å². The van der Waals surface area contributed by atoms with Gasteiger partial charge in [-0.15, -0.1) is 0 Å². The minimum absolute atomic E-state index is 0.258. The number of hydrogen-bond acceptors (Lipinski definition) is 2. The summed E-state index contributed by atoms with van der Waals surface area (Å²) in [5.74, 6) is -3.71. The maximum absolute atomic E-state index is 13.5. The predicted molar refractivity (Wildman–Crippen MR) is 77.4 cm³/mol. The summed E-state index contributed by atoms with van der Waals surface area (Å²) in [7, 11) is 0. The highest BCUT2D eigenvalue weighted by Crippen LogP contribution is 2.31. The van der Waals surface area contributed by atoms with Gasteiger partial charge in [0.15, 0.2) is 17.5 Å². The van der Waals surface area contributed by atoms with Crippen LogP contribution in [-0.4, -0.2) is 24.0 Å². The van der Waals surface area contributed by atoms with Gasteiger partial charge in [0, 0.05) is 18.6 Å². The lowest BCUT2D eigenvalue weighted by molar-refractivity contribution is 0.0908. The number of nitrogens with two attached hydrogens (primary N) is 1. The molecule has 2 unspecified atom stereocenters. The Labute approximate surface area is 124 Å². The molecule has 1 aromatic carbocycles. The van der Waals surface area contributed by atoms with Gasteiger partial charge in [0.25, 0.3) is 0 Å². The molecular weight excluding hydrogens is 277 g/mol. The Hall–Kier alpha value is -1.07. The zero-order valence-electron chi connectivity index (χ0n) is 12.4. The van der Waals surface area contributed by atoms with Crippen molar-refractivity contribution >= 4 is 0 Å². The molecule has 1 fully saturated rings. The third-order valence-corrected chi connectivity index (χ3v) is 4.31. The highest BCUT2D eigenvalue weighted by atomic mass is 19.2. The normalized spacial score (nSPS) is 21.5. The van der Waals surface area contributed by atoms with Crippen LogP contribution in [0.25, 0.3) is 0 Å². The molecule has 2 nitrogen and oxygen atoms in total. The van der Waals surface area contributed by atoms with Crippen molar-refractivity contribution in [1.29, 1.82) is 0 Å². The molecule has 21 heavy (non-hydrogen) atoms. The van der Waals surface area contributed by atoms with Crippen molar-refractivity contribution in [1.82, 2.24) is 4.90 Å². The first-order valence-corrected chi connectivity index (χ1v) is 7.68. The standard InChI is InChI=1S/C16H23F3N2/c1-2-5-12-6-3-4-7-21(12)15(10-20)11-8-13(17)16(19)14(18)9-11/h8-9,12,15H,2-7,10,20H2,1H3. The molecule has 0 saturated carbocycles. The van der Waals surface area contributed by atoms with E-state index in [0.717, 1.165) is 44.4 Å². The van der Waals surface area contributed by atoms with E-state index >= 15 is 0 Å². The molecule has 0 aliphatic carbocycles. The first-order chi connectivity index (χ1) is 10.1. The van der Waals surface area contributed by atoms with Crippen LogP contribution in [0.15, 0.2) is 12.1 Å². The van der Waals surface area contributed by atoms with Crippen molar-refractivity contribution in [2.24, 2.45) is 5.73 Å². The van der Waals surface area contributed by atoms with Gasteiger partial charge in [0.2, 0.25) is 0 Å². The van der Waals surface area contributed by atoms with Gasteiger partial charge < -0.3 is 5.73 Å². The minimum atomic E-state index is -1.42. The summed E-state index contributed by atoms with van der Waals surface area (Å²) < 4.78 is 40.1. The number of rotatable bonds is 5. The van der Waals surface area contributed by atoms with E-state index < -0.39 is 17.5 Å². The summed E-state index contributed by atoms with van der Waals surface area (Å²) in [5, 5.41) is 0. The van der Waals surface area contributed by atoms with E-state index in [2.05, 4.69) is 11.8 Å². The maximum atomic E-state index is 13.5. The molecule has 0 radical (unpaired) electrons. The number of piperidine rings is 1. The van der Waals surface area contributed by atoms with Gasteiger partial charge >= 0.3 is 0 Å². The number of hydrogen-bond donors (Lipinski definition) is 1. The zero-order valence-corrected chi connectivity index (χ0v) is 12.4. The molecule has 1 saturated heterocycles. The summed E-state index contributed by atoms with van der Waals surface area (Å²) in [6, 6.07) is 2.28. The van der Waals surface area contributed by atoms with Gasteiger partial charge in [0.1, 0.15) is 0 Å². The molecule has 2 rings (SSSR count). The third-order valence-electron chi connectivity index (χ3n) is 4.31. The molecule has 2 atom stereocenters. The minimum Gasteiger partial charge on any atom is -0.329 e. The van der Waals surface area contributed by atoms with E-state index in [1.165, 1.54) is 6.42 Å². The van der Waals surface area contributed by atoms with Crippen LogP contribution in [0.3, 0.4) is 0 Å². The number of halogens is 3. The summed E-state index contributed by atoms with van der Waals surface area (Å²) >= 11 is 0. The quantitative estimate of drug-likeness (QED) is 0.839. The highest BCUT2D eigenvalue weighted by Gasteiger charge is 2.29. The fraction of sp³-hybridized carbons (Fsp3) is 0.625. The topological polar surface area (TPSA) is 29.3 Å². The van der Waals surface area contributed by atoms with Gasteiger partial charge in [-0.25, -0.2) is 13.2 Å². The van der Waals surface area contributed by atoms with Crippen molar-refractivity contribution in [3.05, 3.63) is 35.1 Å². The first-order valence-electron chi connectivity index (χ1n) is 7.68. The van der Waals surface area contributed by atoms with Crippen LogP contribution in [0.5, 0.6) is 0 Å². The van der Waals surface area contributed by atoms with Crippen molar-refractivity contribution < 1.29 is 13.2 Å². The lowest BCUT2D eigenvalue weighted by Gasteiger charge is -2.41. The summed E-state index contributed by atoms with van der Waals surface area (Å²) in [4.78, 5) is 2.24. The van der Waals surface area contributed by atoms with E-state index in [4.69, 9.17) is 5.73 Å². The molecule has 5 heteroatoms. The number of nitrogens with zero attached hydrogens (tertiary/aromatic N) is 1. The Balaban J connectivity index is 2.29. The van der Waals surface area contributed by atoms with Crippen molar-refractivity contribution in [3.63, 3.8) is 0 Å². The SMILES string of the molecule is CCCC1CCCCN1C(CN)c1cc(F)c(F)c(F)c1. The van der Waals surface area contributed by atoms with Crippen LogP contribution < -0.4 is 5.73 Å². The number of likely N-dealkylation sites (tertiary alicyclic amines) is 1. The van der Waals surface area contributed by atoms with Crippen LogP contribution in [0.1, 0.15) is 50.6 Å². The molecule has 0 aromatic heterocycles. The molecule has 1 aromatic rings. The van der Waals surface area contributed by atoms with Gasteiger partial charge in [-0.2, -0.15) is 0 Å². The molecule has 1 aliphatic rings. The molecule has 0 bridgehead atoms. The average molecular weight is 300 g/mol. The van der Waals surface area contributed by atoms with Crippen molar-refractivity contribution in [3.8, 4) is 0 Å². The molecule has 1 aliphatic heterocycles. The van der Waals surface area contributed by atoms with E-state index in [-0.39, 0.29) is 12.6 Å². The first kappa shape index (κ1) is 16.3. The monoisotopic (exact) mass is 300 g/mol. The second-order valence-corrected chi connectivity index (χ2v) is 5.73. The van der Waals surface area contributed by atoms with Gasteiger partial charge in [-0.1, -0.05) is 19.8 Å². The van der Waals surface area contributed by atoms with E-state index in [1.54, 1.807) is 0 Å². The highest BCUT2D eigenvalue weighted by molar-refractivity contribution is 5.23.